The standard InChI is InChI=1S/C17H18N4O/c1-2-15-16(11-19-17(15)18-6-1)14-4-8-21(9-5-14)7-3-13-10-20-22-12-13/h1-2,4,6,10-12H,3,5,7-9H2,(H,18,19). The van der Waals surface area contributed by atoms with Gasteiger partial charge in [-0.05, 0) is 30.5 Å². The van der Waals surface area contributed by atoms with Gasteiger partial charge in [-0.1, -0.05) is 11.2 Å². The highest BCUT2D eigenvalue weighted by atomic mass is 16.5. The van der Waals surface area contributed by atoms with E-state index in [1.165, 1.54) is 16.5 Å². The number of aromatic amines is 1. The zero-order chi connectivity index (χ0) is 14.8. The zero-order valence-corrected chi connectivity index (χ0v) is 12.3. The Labute approximate surface area is 128 Å². The SMILES string of the molecule is C1=C(c2c[nH]c3ncccc23)CCN(CCc2cnoc2)C1. The van der Waals surface area contributed by atoms with E-state index in [9.17, 15) is 0 Å². The third-order valence-corrected chi connectivity index (χ3v) is 4.29. The molecule has 3 aromatic heterocycles. The van der Waals surface area contributed by atoms with Crippen LogP contribution >= 0.6 is 0 Å². The molecule has 0 atom stereocenters. The fraction of sp³-hybridized carbons (Fsp3) is 0.294. The van der Waals surface area contributed by atoms with Gasteiger partial charge in [0.2, 0.25) is 0 Å². The van der Waals surface area contributed by atoms with Crippen molar-refractivity contribution in [3.63, 3.8) is 0 Å². The lowest BCUT2D eigenvalue weighted by molar-refractivity contribution is 0.305. The van der Waals surface area contributed by atoms with E-state index in [2.05, 4.69) is 38.4 Å². The van der Waals surface area contributed by atoms with Crippen LogP contribution in [0.3, 0.4) is 0 Å². The highest BCUT2D eigenvalue weighted by Gasteiger charge is 2.15. The van der Waals surface area contributed by atoms with Crippen LogP contribution < -0.4 is 0 Å². The second kappa shape index (κ2) is 5.77. The van der Waals surface area contributed by atoms with Crippen molar-refractivity contribution in [3.8, 4) is 0 Å². The Kier molecular flexibility index (Phi) is 3.48. The molecule has 5 nitrogen and oxygen atoms in total. The first-order valence-electron chi connectivity index (χ1n) is 7.62. The molecule has 0 spiro atoms. The van der Waals surface area contributed by atoms with Crippen LogP contribution in [0.5, 0.6) is 0 Å². The lowest BCUT2D eigenvalue weighted by atomic mass is 9.99. The molecule has 0 aromatic carbocycles. The number of nitrogens with one attached hydrogen (secondary N) is 1. The molecule has 0 bridgehead atoms. The summed E-state index contributed by atoms with van der Waals surface area (Å²) in [5.74, 6) is 0. The summed E-state index contributed by atoms with van der Waals surface area (Å²) >= 11 is 0. The van der Waals surface area contributed by atoms with Gasteiger partial charge < -0.3 is 9.51 Å². The van der Waals surface area contributed by atoms with Gasteiger partial charge in [0.05, 0.1) is 6.20 Å². The Morgan fingerprint density at radius 3 is 3.18 bits per heavy atom. The largest absolute Gasteiger partial charge is 0.364 e. The lowest BCUT2D eigenvalue weighted by Crippen LogP contribution is -2.30. The van der Waals surface area contributed by atoms with E-state index in [0.29, 0.717) is 0 Å². The first kappa shape index (κ1) is 13.3. The molecule has 1 aliphatic heterocycles. The molecule has 0 radical (unpaired) electrons. The molecule has 0 amide bonds. The number of fused-ring (bicyclic) bond motifs is 1. The smallest absolute Gasteiger partial charge is 0.137 e. The Morgan fingerprint density at radius 1 is 1.36 bits per heavy atom. The summed E-state index contributed by atoms with van der Waals surface area (Å²) in [5, 5.41) is 4.96. The molecule has 0 unspecified atom stereocenters. The lowest BCUT2D eigenvalue weighted by Gasteiger charge is -2.26. The Balaban J connectivity index is 1.45. The van der Waals surface area contributed by atoms with Gasteiger partial charge in [0.25, 0.3) is 0 Å². The predicted octanol–water partition coefficient (Wildman–Crippen LogP) is 2.88. The zero-order valence-electron chi connectivity index (χ0n) is 12.3. The minimum absolute atomic E-state index is 0.966. The maximum Gasteiger partial charge on any atom is 0.137 e. The van der Waals surface area contributed by atoms with Gasteiger partial charge in [0, 0.05) is 48.5 Å². The first-order valence-corrected chi connectivity index (χ1v) is 7.62. The van der Waals surface area contributed by atoms with Crippen LogP contribution in [-0.2, 0) is 6.42 Å². The van der Waals surface area contributed by atoms with Gasteiger partial charge in [-0.3, -0.25) is 4.90 Å². The average Bonchev–Trinajstić information content (AvgIpc) is 3.23. The molecule has 0 saturated heterocycles. The number of H-pyrrole nitrogens is 1. The molecule has 3 aromatic rings. The van der Waals surface area contributed by atoms with E-state index in [1.807, 2.05) is 12.3 Å². The third kappa shape index (κ3) is 2.55. The van der Waals surface area contributed by atoms with E-state index in [4.69, 9.17) is 4.52 Å². The number of nitrogens with zero attached hydrogens (tertiary/aromatic N) is 3. The second-order valence-corrected chi connectivity index (χ2v) is 5.66. The minimum Gasteiger partial charge on any atom is -0.364 e. The first-order chi connectivity index (χ1) is 10.9. The Hall–Kier alpha value is -2.40. The van der Waals surface area contributed by atoms with Crippen molar-refractivity contribution < 1.29 is 4.52 Å². The number of hydrogen-bond acceptors (Lipinski definition) is 4. The number of rotatable bonds is 4. The summed E-state index contributed by atoms with van der Waals surface area (Å²) in [6, 6.07) is 4.13. The quantitative estimate of drug-likeness (QED) is 0.804. The fourth-order valence-corrected chi connectivity index (χ4v) is 3.02. The molecular weight excluding hydrogens is 276 g/mol. The van der Waals surface area contributed by atoms with Gasteiger partial charge in [0.1, 0.15) is 11.9 Å². The molecule has 0 aliphatic carbocycles. The highest BCUT2D eigenvalue weighted by molar-refractivity contribution is 5.90. The van der Waals surface area contributed by atoms with Crippen LogP contribution in [0.25, 0.3) is 16.6 Å². The second-order valence-electron chi connectivity index (χ2n) is 5.66. The fourth-order valence-electron chi connectivity index (χ4n) is 3.02. The predicted molar refractivity (Wildman–Crippen MR) is 85.3 cm³/mol. The Morgan fingerprint density at radius 2 is 2.36 bits per heavy atom. The van der Waals surface area contributed by atoms with Crippen molar-refractivity contribution in [2.24, 2.45) is 0 Å². The van der Waals surface area contributed by atoms with Crippen LogP contribution in [0.4, 0.5) is 0 Å². The average molecular weight is 294 g/mol. The van der Waals surface area contributed by atoms with Crippen LogP contribution in [0.2, 0.25) is 0 Å². The van der Waals surface area contributed by atoms with Gasteiger partial charge >= 0.3 is 0 Å². The maximum atomic E-state index is 4.87. The van der Waals surface area contributed by atoms with Gasteiger partial charge in [-0.2, -0.15) is 0 Å². The molecule has 1 N–H and O–H groups in total. The van der Waals surface area contributed by atoms with E-state index in [-0.39, 0.29) is 0 Å². The summed E-state index contributed by atoms with van der Waals surface area (Å²) < 4.78 is 4.87. The van der Waals surface area contributed by atoms with E-state index < -0.39 is 0 Å². The topological polar surface area (TPSA) is 58.0 Å². The summed E-state index contributed by atoms with van der Waals surface area (Å²) in [6.07, 6.45) is 11.8. The number of pyridine rings is 1. The minimum atomic E-state index is 0.966. The summed E-state index contributed by atoms with van der Waals surface area (Å²) in [4.78, 5) is 10.1. The van der Waals surface area contributed by atoms with E-state index in [0.717, 1.165) is 43.7 Å². The molecular formula is C17H18N4O. The number of hydrogen-bond donors (Lipinski definition) is 1. The van der Waals surface area contributed by atoms with Gasteiger partial charge in [-0.25, -0.2) is 4.98 Å². The third-order valence-electron chi connectivity index (χ3n) is 4.29. The highest BCUT2D eigenvalue weighted by Crippen LogP contribution is 2.28. The maximum absolute atomic E-state index is 4.87. The molecule has 0 saturated carbocycles. The van der Waals surface area contributed by atoms with Crippen LogP contribution in [0.15, 0.2) is 47.6 Å². The Bertz CT molecular complexity index is 788. The normalized spacial score (nSPS) is 16.1. The van der Waals surface area contributed by atoms with Crippen molar-refractivity contribution in [2.75, 3.05) is 19.6 Å². The summed E-state index contributed by atoms with van der Waals surface area (Å²) in [7, 11) is 0. The molecule has 0 fully saturated rings. The van der Waals surface area contributed by atoms with Crippen LogP contribution in [0, 0.1) is 0 Å². The molecule has 5 heteroatoms. The van der Waals surface area contributed by atoms with Crippen molar-refractivity contribution in [2.45, 2.75) is 12.8 Å². The summed E-state index contributed by atoms with van der Waals surface area (Å²) in [5.41, 5.74) is 4.84. The van der Waals surface area contributed by atoms with Gasteiger partial charge in [-0.15, -0.1) is 0 Å². The van der Waals surface area contributed by atoms with Crippen molar-refractivity contribution in [1.82, 2.24) is 20.0 Å². The molecule has 4 rings (SSSR count). The van der Waals surface area contributed by atoms with Gasteiger partial charge in [0.15, 0.2) is 0 Å². The molecule has 22 heavy (non-hydrogen) atoms. The van der Waals surface area contributed by atoms with Crippen LogP contribution in [-0.4, -0.2) is 39.7 Å². The monoisotopic (exact) mass is 294 g/mol. The number of aromatic nitrogens is 3. The molecule has 1 aliphatic rings. The molecule has 112 valence electrons. The van der Waals surface area contributed by atoms with E-state index >= 15 is 0 Å². The summed E-state index contributed by atoms with van der Waals surface area (Å²) in [6.45, 7) is 3.12. The van der Waals surface area contributed by atoms with Crippen molar-refractivity contribution >= 4 is 16.6 Å². The van der Waals surface area contributed by atoms with E-state index in [1.54, 1.807) is 12.5 Å². The van der Waals surface area contributed by atoms with Crippen LogP contribution in [0.1, 0.15) is 17.5 Å². The molecule has 4 heterocycles. The van der Waals surface area contributed by atoms with Crippen molar-refractivity contribution in [1.29, 1.82) is 0 Å². The van der Waals surface area contributed by atoms with Crippen molar-refractivity contribution in [3.05, 3.63) is 54.2 Å².